The molecule has 2 unspecified atom stereocenters. The first-order valence-corrected chi connectivity index (χ1v) is 7.35. The zero-order valence-corrected chi connectivity index (χ0v) is 12.0. The summed E-state index contributed by atoms with van der Waals surface area (Å²) >= 11 is 0. The molecule has 0 aromatic carbocycles. The van der Waals surface area contributed by atoms with E-state index < -0.39 is 0 Å². The zero-order chi connectivity index (χ0) is 14.2. The molecule has 3 aromatic rings. The summed E-state index contributed by atoms with van der Waals surface area (Å²) in [6.45, 7) is 0. The minimum Gasteiger partial charge on any atom is -0.372 e. The van der Waals surface area contributed by atoms with Gasteiger partial charge in [0.15, 0.2) is 0 Å². The van der Waals surface area contributed by atoms with Crippen LogP contribution in [0.5, 0.6) is 0 Å². The van der Waals surface area contributed by atoms with E-state index in [1.54, 1.807) is 6.33 Å². The molecule has 21 heavy (non-hydrogen) atoms. The summed E-state index contributed by atoms with van der Waals surface area (Å²) in [4.78, 5) is 8.75. The first-order valence-electron chi connectivity index (χ1n) is 7.35. The Morgan fingerprint density at radius 1 is 1.33 bits per heavy atom. The van der Waals surface area contributed by atoms with Gasteiger partial charge in [0.2, 0.25) is 0 Å². The summed E-state index contributed by atoms with van der Waals surface area (Å²) in [7, 11) is 1.89. The Bertz CT molecular complexity index is 745. The van der Waals surface area contributed by atoms with Gasteiger partial charge in [0.25, 0.3) is 0 Å². The number of fused-ring (bicyclic) bond motifs is 1. The smallest absolute Gasteiger partial charge is 0.145 e. The number of nitrogens with zero attached hydrogens (tertiary/aromatic N) is 4. The van der Waals surface area contributed by atoms with Gasteiger partial charge in [-0.1, -0.05) is 0 Å². The molecule has 6 nitrogen and oxygen atoms in total. The zero-order valence-electron chi connectivity index (χ0n) is 12.0. The Kier molecular flexibility index (Phi) is 2.87. The van der Waals surface area contributed by atoms with E-state index in [-0.39, 0.29) is 0 Å². The lowest BCUT2D eigenvalue weighted by Gasteiger charge is -2.14. The molecule has 0 bridgehead atoms. The van der Waals surface area contributed by atoms with E-state index in [1.807, 2.05) is 19.4 Å². The molecule has 2 atom stereocenters. The van der Waals surface area contributed by atoms with E-state index in [0.717, 1.165) is 23.3 Å². The molecule has 1 aliphatic carbocycles. The van der Waals surface area contributed by atoms with E-state index in [9.17, 15) is 0 Å². The average molecular weight is 282 g/mol. The van der Waals surface area contributed by atoms with Crippen LogP contribution in [0.3, 0.4) is 0 Å². The molecule has 0 radical (unpaired) electrons. The van der Waals surface area contributed by atoms with Crippen molar-refractivity contribution in [2.45, 2.75) is 31.2 Å². The third-order valence-corrected chi connectivity index (χ3v) is 4.54. The number of aromatic nitrogens is 5. The molecule has 0 saturated heterocycles. The Morgan fingerprint density at radius 2 is 2.29 bits per heavy atom. The van der Waals surface area contributed by atoms with Crippen LogP contribution in [0.1, 0.15) is 36.8 Å². The van der Waals surface area contributed by atoms with Crippen molar-refractivity contribution >= 4 is 16.9 Å². The van der Waals surface area contributed by atoms with Crippen LogP contribution in [-0.2, 0) is 0 Å². The van der Waals surface area contributed by atoms with Gasteiger partial charge in [0, 0.05) is 25.5 Å². The van der Waals surface area contributed by atoms with Gasteiger partial charge >= 0.3 is 0 Å². The summed E-state index contributed by atoms with van der Waals surface area (Å²) in [5, 5.41) is 11.2. The lowest BCUT2D eigenvalue weighted by Crippen LogP contribution is -2.05. The van der Waals surface area contributed by atoms with Gasteiger partial charge in [0.05, 0.1) is 11.6 Å². The summed E-state index contributed by atoms with van der Waals surface area (Å²) in [5.41, 5.74) is 2.34. The van der Waals surface area contributed by atoms with Crippen molar-refractivity contribution < 1.29 is 0 Å². The van der Waals surface area contributed by atoms with Gasteiger partial charge in [-0.15, -0.1) is 0 Å². The largest absolute Gasteiger partial charge is 0.372 e. The molecular formula is C15H18N6. The summed E-state index contributed by atoms with van der Waals surface area (Å²) in [6, 6.07) is 2.61. The van der Waals surface area contributed by atoms with Gasteiger partial charge in [-0.2, -0.15) is 5.10 Å². The second-order valence-electron chi connectivity index (χ2n) is 5.63. The summed E-state index contributed by atoms with van der Waals surface area (Å²) < 4.78 is 2.30. The van der Waals surface area contributed by atoms with Crippen molar-refractivity contribution in [3.63, 3.8) is 0 Å². The van der Waals surface area contributed by atoms with E-state index >= 15 is 0 Å². The van der Waals surface area contributed by atoms with E-state index in [0.29, 0.717) is 12.0 Å². The lowest BCUT2D eigenvalue weighted by atomic mass is 10.0. The first kappa shape index (κ1) is 12.4. The lowest BCUT2D eigenvalue weighted by molar-refractivity contribution is 0.523. The van der Waals surface area contributed by atoms with Crippen LogP contribution in [0.4, 0.5) is 5.82 Å². The van der Waals surface area contributed by atoms with E-state index in [1.165, 1.54) is 18.4 Å². The van der Waals surface area contributed by atoms with Gasteiger partial charge < -0.3 is 9.88 Å². The Hall–Kier alpha value is -2.37. The minimum atomic E-state index is 0.502. The average Bonchev–Trinajstić information content (AvgIpc) is 3.24. The molecule has 0 aliphatic heterocycles. The maximum absolute atomic E-state index is 4.48. The molecule has 0 amide bonds. The number of anilines is 1. The van der Waals surface area contributed by atoms with Crippen LogP contribution < -0.4 is 5.32 Å². The van der Waals surface area contributed by atoms with Crippen LogP contribution in [0.2, 0.25) is 0 Å². The highest BCUT2D eigenvalue weighted by Gasteiger charge is 2.28. The molecule has 3 aromatic heterocycles. The van der Waals surface area contributed by atoms with Crippen molar-refractivity contribution in [1.29, 1.82) is 0 Å². The van der Waals surface area contributed by atoms with E-state index in [2.05, 4.69) is 42.3 Å². The predicted octanol–water partition coefficient (Wildman–Crippen LogP) is 2.70. The SMILES string of the molecule is CNc1ncnc2c1ccn2C1CCC(c2cn[nH]c2)C1. The molecule has 2 N–H and O–H groups in total. The standard InChI is InChI=1S/C15H18N6/c1-16-14-13-4-5-21(15(13)18-9-17-14)12-3-2-10(6-12)11-7-19-20-8-11/h4-5,7-10,12H,2-3,6H2,1H3,(H,19,20)(H,16,17,18). The van der Waals surface area contributed by atoms with Gasteiger partial charge in [-0.25, -0.2) is 9.97 Å². The molecule has 0 spiro atoms. The quantitative estimate of drug-likeness (QED) is 0.775. The highest BCUT2D eigenvalue weighted by Crippen LogP contribution is 2.41. The maximum atomic E-state index is 4.48. The van der Waals surface area contributed by atoms with Crippen LogP contribution in [-0.4, -0.2) is 31.8 Å². The second kappa shape index (κ2) is 4.87. The fraction of sp³-hybridized carbons (Fsp3) is 0.400. The number of hydrogen-bond acceptors (Lipinski definition) is 4. The highest BCUT2D eigenvalue weighted by atomic mass is 15.1. The van der Waals surface area contributed by atoms with Crippen LogP contribution in [0, 0.1) is 0 Å². The minimum absolute atomic E-state index is 0.502. The van der Waals surface area contributed by atoms with Crippen LogP contribution in [0.25, 0.3) is 11.0 Å². The highest BCUT2D eigenvalue weighted by molar-refractivity contribution is 5.87. The molecule has 6 heteroatoms. The fourth-order valence-electron chi connectivity index (χ4n) is 3.46. The van der Waals surface area contributed by atoms with Crippen molar-refractivity contribution in [2.24, 2.45) is 0 Å². The molecule has 4 rings (SSSR count). The molecule has 1 aliphatic rings. The van der Waals surface area contributed by atoms with E-state index in [4.69, 9.17) is 0 Å². The van der Waals surface area contributed by atoms with Crippen LogP contribution in [0.15, 0.2) is 31.0 Å². The number of aromatic amines is 1. The molecule has 1 fully saturated rings. The number of H-pyrrole nitrogens is 1. The second-order valence-corrected chi connectivity index (χ2v) is 5.63. The number of rotatable bonds is 3. The van der Waals surface area contributed by atoms with Crippen LogP contribution >= 0.6 is 0 Å². The van der Waals surface area contributed by atoms with Crippen molar-refractivity contribution in [3.05, 3.63) is 36.5 Å². The van der Waals surface area contributed by atoms with Crippen molar-refractivity contribution in [3.8, 4) is 0 Å². The van der Waals surface area contributed by atoms with Crippen molar-refractivity contribution in [2.75, 3.05) is 12.4 Å². The monoisotopic (exact) mass is 282 g/mol. The predicted molar refractivity (Wildman–Crippen MR) is 81.3 cm³/mol. The van der Waals surface area contributed by atoms with Crippen molar-refractivity contribution in [1.82, 2.24) is 24.7 Å². The normalized spacial score (nSPS) is 22.0. The molecule has 1 saturated carbocycles. The summed E-state index contributed by atoms with van der Waals surface area (Å²) in [5.74, 6) is 1.49. The maximum Gasteiger partial charge on any atom is 0.145 e. The third kappa shape index (κ3) is 1.98. The third-order valence-electron chi connectivity index (χ3n) is 4.54. The van der Waals surface area contributed by atoms with Gasteiger partial charge in [-0.05, 0) is 36.8 Å². The molecular weight excluding hydrogens is 264 g/mol. The fourth-order valence-corrected chi connectivity index (χ4v) is 3.46. The Labute approximate surface area is 122 Å². The number of hydrogen-bond donors (Lipinski definition) is 2. The Balaban J connectivity index is 1.66. The molecule has 3 heterocycles. The molecule has 108 valence electrons. The first-order chi connectivity index (χ1) is 10.4. The summed E-state index contributed by atoms with van der Waals surface area (Å²) in [6.07, 6.45) is 11.3. The van der Waals surface area contributed by atoms with Gasteiger partial charge in [-0.3, -0.25) is 5.10 Å². The van der Waals surface area contributed by atoms with Gasteiger partial charge in [0.1, 0.15) is 17.8 Å². The topological polar surface area (TPSA) is 71.4 Å². The number of nitrogens with one attached hydrogen (secondary N) is 2. The Morgan fingerprint density at radius 3 is 3.10 bits per heavy atom.